The number of carboxylic acid groups (broad SMARTS) is 1. The molecule has 0 amide bonds. The van der Waals surface area contributed by atoms with Crippen LogP contribution in [0.15, 0.2) is 5.29 Å². The Labute approximate surface area is 83.4 Å². The van der Waals surface area contributed by atoms with Gasteiger partial charge in [-0.2, -0.15) is 8.78 Å². The van der Waals surface area contributed by atoms with Crippen LogP contribution in [-0.2, 0) is 4.79 Å². The topological polar surface area (TPSA) is 90.2 Å². The fraction of sp³-hybridized carbons (Fsp3) is 0.857. The molecule has 0 unspecified atom stereocenters. The van der Waals surface area contributed by atoms with Gasteiger partial charge in [0.15, 0.2) is 0 Å². The molecule has 1 fully saturated rings. The Morgan fingerprint density at radius 2 is 1.87 bits per heavy atom. The number of piperidine rings is 1. The first-order valence-corrected chi connectivity index (χ1v) is 4.25. The third-order valence-corrected chi connectivity index (χ3v) is 2.54. The van der Waals surface area contributed by atoms with Crippen LogP contribution in [0.1, 0.15) is 12.8 Å². The van der Waals surface area contributed by atoms with Crippen LogP contribution in [0.2, 0.25) is 0 Å². The Kier molecular flexibility index (Phi) is 2.89. The number of carboxylic acids is 1. The van der Waals surface area contributed by atoms with Crippen LogP contribution in [0.3, 0.4) is 0 Å². The normalized spacial score (nSPS) is 21.1. The number of carbonyl (C=O) groups is 1. The van der Waals surface area contributed by atoms with Crippen molar-refractivity contribution in [1.82, 2.24) is 5.01 Å². The van der Waals surface area contributed by atoms with Crippen LogP contribution in [0, 0.1) is 4.91 Å². The van der Waals surface area contributed by atoms with Crippen molar-refractivity contribution in [3.8, 4) is 0 Å². The van der Waals surface area contributed by atoms with E-state index in [9.17, 15) is 23.6 Å². The summed E-state index contributed by atoms with van der Waals surface area (Å²) < 4.78 is 26.1. The molecule has 8 heteroatoms. The molecule has 0 atom stereocenters. The number of rotatable bonds is 3. The predicted octanol–water partition coefficient (Wildman–Crippen LogP) is 0.215. The molecule has 1 aliphatic heterocycles. The molecule has 0 aromatic rings. The van der Waals surface area contributed by atoms with Crippen molar-refractivity contribution in [3.05, 3.63) is 4.91 Å². The van der Waals surface area contributed by atoms with Gasteiger partial charge in [0, 0.05) is 25.9 Å². The Hall–Kier alpha value is -1.31. The number of nitrogens with zero attached hydrogens (tertiary/aromatic N) is 2. The molecule has 1 heterocycles. The summed E-state index contributed by atoms with van der Waals surface area (Å²) >= 11 is 0. The Balaban J connectivity index is 2.78. The number of alkyl halides is 2. The van der Waals surface area contributed by atoms with Gasteiger partial charge in [0.1, 0.15) is 5.60 Å². The zero-order chi connectivity index (χ0) is 11.7. The second kappa shape index (κ2) is 3.69. The fourth-order valence-electron chi connectivity index (χ4n) is 1.46. The number of aliphatic carboxylic acids is 1. The molecule has 0 bridgehead atoms. The average Bonchev–Trinajstić information content (AvgIpc) is 2.18. The summed E-state index contributed by atoms with van der Waals surface area (Å²) in [6, 6.07) is 0. The Bertz CT molecular complexity index is 276. The van der Waals surface area contributed by atoms with Crippen LogP contribution in [-0.4, -0.2) is 45.8 Å². The van der Waals surface area contributed by atoms with Gasteiger partial charge in [0.2, 0.25) is 0 Å². The van der Waals surface area contributed by atoms with E-state index in [-0.39, 0.29) is 13.1 Å². The van der Waals surface area contributed by atoms with Gasteiger partial charge < -0.3 is 10.2 Å². The van der Waals surface area contributed by atoms with Crippen molar-refractivity contribution in [2.24, 2.45) is 5.29 Å². The lowest BCUT2D eigenvalue weighted by Gasteiger charge is -2.38. The van der Waals surface area contributed by atoms with Gasteiger partial charge in [-0.1, -0.05) is 0 Å². The van der Waals surface area contributed by atoms with Gasteiger partial charge >= 0.3 is 11.9 Å². The summed E-state index contributed by atoms with van der Waals surface area (Å²) in [7, 11) is 0. The van der Waals surface area contributed by atoms with Crippen molar-refractivity contribution in [3.63, 3.8) is 0 Å². The Morgan fingerprint density at radius 3 is 2.20 bits per heavy atom. The monoisotopic (exact) mass is 224 g/mol. The second-order valence-corrected chi connectivity index (χ2v) is 3.45. The van der Waals surface area contributed by atoms with E-state index in [2.05, 4.69) is 5.29 Å². The molecule has 6 nitrogen and oxygen atoms in total. The molecule has 1 rings (SSSR count). The molecule has 0 aliphatic carbocycles. The van der Waals surface area contributed by atoms with E-state index in [0.29, 0.717) is 0 Å². The van der Waals surface area contributed by atoms with E-state index in [0.717, 1.165) is 5.01 Å². The predicted molar refractivity (Wildman–Crippen MR) is 44.1 cm³/mol. The van der Waals surface area contributed by atoms with Gasteiger partial charge in [0.05, 0.1) is 5.29 Å². The van der Waals surface area contributed by atoms with Crippen LogP contribution in [0.4, 0.5) is 8.78 Å². The first-order valence-electron chi connectivity index (χ1n) is 4.25. The smallest absolute Gasteiger partial charge is 0.377 e. The van der Waals surface area contributed by atoms with Crippen molar-refractivity contribution in [1.29, 1.82) is 0 Å². The summed E-state index contributed by atoms with van der Waals surface area (Å²) in [5.41, 5.74) is -2.60. The number of hydrogen-bond donors (Lipinski definition) is 2. The number of nitroso groups, excluding NO2 is 1. The molecule has 2 N–H and O–H groups in total. The molecular formula is C7H10F2N2O4. The second-order valence-electron chi connectivity index (χ2n) is 3.45. The molecule has 86 valence electrons. The molecule has 0 spiro atoms. The lowest BCUT2D eigenvalue weighted by molar-refractivity contribution is -0.218. The SMILES string of the molecule is O=NN1CCC(O)(C(F)(F)C(=O)O)CC1. The Morgan fingerprint density at radius 1 is 1.40 bits per heavy atom. The van der Waals surface area contributed by atoms with E-state index >= 15 is 0 Å². The van der Waals surface area contributed by atoms with Crippen molar-refractivity contribution in [2.75, 3.05) is 13.1 Å². The molecular weight excluding hydrogens is 214 g/mol. The van der Waals surface area contributed by atoms with Crippen molar-refractivity contribution < 1.29 is 23.8 Å². The van der Waals surface area contributed by atoms with Crippen molar-refractivity contribution >= 4 is 5.97 Å². The summed E-state index contributed by atoms with van der Waals surface area (Å²) in [5.74, 6) is -6.57. The van der Waals surface area contributed by atoms with Crippen molar-refractivity contribution in [2.45, 2.75) is 24.4 Å². The molecule has 0 radical (unpaired) electrons. The van der Waals surface area contributed by atoms with E-state index < -0.39 is 30.3 Å². The standard InChI is InChI=1S/C7H10F2N2O4/c8-7(9,5(12)13)6(14)1-3-11(10-15)4-2-6/h14H,1-4H2,(H,12,13). The summed E-state index contributed by atoms with van der Waals surface area (Å²) in [6.07, 6.45) is -1.00. The average molecular weight is 224 g/mol. The largest absolute Gasteiger partial charge is 0.477 e. The highest BCUT2D eigenvalue weighted by molar-refractivity contribution is 5.77. The maximum atomic E-state index is 13.1. The van der Waals surface area contributed by atoms with E-state index in [4.69, 9.17) is 5.11 Å². The summed E-state index contributed by atoms with van der Waals surface area (Å²) in [4.78, 5) is 20.3. The minimum absolute atomic E-state index is 0.178. The molecule has 0 saturated carbocycles. The van der Waals surface area contributed by atoms with E-state index in [1.807, 2.05) is 0 Å². The van der Waals surface area contributed by atoms with Gasteiger partial charge in [-0.15, -0.1) is 4.91 Å². The van der Waals surface area contributed by atoms with Crippen LogP contribution in [0.25, 0.3) is 0 Å². The first kappa shape index (κ1) is 11.8. The maximum Gasteiger partial charge on any atom is 0.377 e. The van der Waals surface area contributed by atoms with Gasteiger partial charge in [-0.25, -0.2) is 4.79 Å². The highest BCUT2D eigenvalue weighted by Gasteiger charge is 2.59. The molecule has 1 saturated heterocycles. The number of hydrogen-bond acceptors (Lipinski definition) is 4. The van der Waals surface area contributed by atoms with Gasteiger partial charge in [-0.3, -0.25) is 5.01 Å². The third kappa shape index (κ3) is 1.89. The maximum absolute atomic E-state index is 13.1. The minimum atomic E-state index is -4.21. The summed E-state index contributed by atoms with van der Waals surface area (Å²) in [5, 5.41) is 21.2. The molecule has 0 aromatic carbocycles. The molecule has 0 aromatic heterocycles. The van der Waals surface area contributed by atoms with Gasteiger partial charge in [-0.05, 0) is 0 Å². The van der Waals surface area contributed by atoms with E-state index in [1.54, 1.807) is 0 Å². The third-order valence-electron chi connectivity index (χ3n) is 2.54. The zero-order valence-electron chi connectivity index (χ0n) is 7.69. The van der Waals surface area contributed by atoms with Crippen LogP contribution in [0.5, 0.6) is 0 Å². The minimum Gasteiger partial charge on any atom is -0.477 e. The van der Waals surface area contributed by atoms with Crippen LogP contribution < -0.4 is 0 Å². The highest BCUT2D eigenvalue weighted by atomic mass is 19.3. The van der Waals surface area contributed by atoms with Gasteiger partial charge in [0.25, 0.3) is 0 Å². The highest BCUT2D eigenvalue weighted by Crippen LogP contribution is 2.37. The molecule has 15 heavy (non-hydrogen) atoms. The molecule has 1 aliphatic rings. The summed E-state index contributed by atoms with van der Waals surface area (Å²) in [6.45, 7) is -0.355. The zero-order valence-corrected chi connectivity index (χ0v) is 7.69. The fourth-order valence-corrected chi connectivity index (χ4v) is 1.46. The quantitative estimate of drug-likeness (QED) is 0.669. The van der Waals surface area contributed by atoms with Crippen LogP contribution >= 0.6 is 0 Å². The lowest BCUT2D eigenvalue weighted by Crippen LogP contribution is -2.57. The number of halogens is 2. The van der Waals surface area contributed by atoms with E-state index in [1.165, 1.54) is 0 Å². The lowest BCUT2D eigenvalue weighted by atomic mass is 9.85. The first-order chi connectivity index (χ1) is 6.83. The number of aliphatic hydroxyl groups is 1.